The van der Waals surface area contributed by atoms with Gasteiger partial charge in [0, 0.05) is 19.7 Å². The molecule has 0 aliphatic heterocycles. The highest BCUT2D eigenvalue weighted by Gasteiger charge is 2.45. The topological polar surface area (TPSA) is 66.5 Å². The Bertz CT molecular complexity index is 840. The Balaban J connectivity index is 1.77. The lowest BCUT2D eigenvalue weighted by Gasteiger charge is -2.18. The molecule has 1 N–H and O–H groups in total. The molecule has 5 nitrogen and oxygen atoms in total. The third-order valence-corrected chi connectivity index (χ3v) is 6.15. The van der Waals surface area contributed by atoms with Crippen LogP contribution in [-0.4, -0.2) is 32.7 Å². The van der Waals surface area contributed by atoms with Gasteiger partial charge < -0.3 is 5.32 Å². The SMILES string of the molecule is CN(C)S(=O)(=O)c1ccc(C(=O)NC2(c3ccccc3)CC2)cc1. The lowest BCUT2D eigenvalue weighted by molar-refractivity contribution is 0.0930. The molecule has 0 saturated heterocycles. The number of rotatable bonds is 5. The maximum atomic E-state index is 12.5. The van der Waals surface area contributed by atoms with Crippen LogP contribution in [0.4, 0.5) is 0 Å². The predicted molar refractivity (Wildman–Crippen MR) is 92.1 cm³/mol. The molecule has 0 spiro atoms. The number of hydrogen-bond donors (Lipinski definition) is 1. The molecule has 0 heterocycles. The van der Waals surface area contributed by atoms with Crippen molar-refractivity contribution in [2.75, 3.05) is 14.1 Å². The Morgan fingerprint density at radius 1 is 1.00 bits per heavy atom. The van der Waals surface area contributed by atoms with Crippen molar-refractivity contribution < 1.29 is 13.2 Å². The molecular weight excluding hydrogens is 324 g/mol. The zero-order valence-corrected chi connectivity index (χ0v) is 14.5. The molecule has 0 aromatic heterocycles. The van der Waals surface area contributed by atoms with Gasteiger partial charge in [-0.15, -0.1) is 0 Å². The molecule has 1 saturated carbocycles. The van der Waals surface area contributed by atoms with Gasteiger partial charge in [-0.05, 0) is 42.7 Å². The Kier molecular flexibility index (Phi) is 4.19. The van der Waals surface area contributed by atoms with Crippen molar-refractivity contribution in [1.29, 1.82) is 0 Å². The minimum Gasteiger partial charge on any atom is -0.343 e. The van der Waals surface area contributed by atoms with Crippen LogP contribution in [0.15, 0.2) is 59.5 Å². The quantitative estimate of drug-likeness (QED) is 0.905. The van der Waals surface area contributed by atoms with Crippen LogP contribution in [0.3, 0.4) is 0 Å². The van der Waals surface area contributed by atoms with E-state index >= 15 is 0 Å². The molecule has 1 amide bonds. The molecule has 0 bridgehead atoms. The van der Waals surface area contributed by atoms with Crippen LogP contribution in [0.25, 0.3) is 0 Å². The third kappa shape index (κ3) is 3.07. The predicted octanol–water partition coefficient (Wildman–Crippen LogP) is 2.36. The maximum Gasteiger partial charge on any atom is 0.251 e. The second kappa shape index (κ2) is 6.03. The molecule has 126 valence electrons. The van der Waals surface area contributed by atoms with E-state index in [0.717, 1.165) is 22.7 Å². The number of hydrogen-bond acceptors (Lipinski definition) is 3. The van der Waals surface area contributed by atoms with Gasteiger partial charge in [0.15, 0.2) is 0 Å². The summed E-state index contributed by atoms with van der Waals surface area (Å²) in [5, 5.41) is 3.08. The number of carbonyl (C=O) groups is 1. The lowest BCUT2D eigenvalue weighted by Crippen LogP contribution is -2.34. The highest BCUT2D eigenvalue weighted by Crippen LogP contribution is 2.45. The van der Waals surface area contributed by atoms with E-state index in [4.69, 9.17) is 0 Å². The van der Waals surface area contributed by atoms with E-state index in [1.165, 1.54) is 26.2 Å². The average Bonchev–Trinajstić information content (AvgIpc) is 3.36. The standard InChI is InChI=1S/C18H20N2O3S/c1-20(2)24(22,23)16-10-8-14(9-11-16)17(21)19-18(12-13-18)15-6-4-3-5-7-15/h3-11H,12-13H2,1-2H3,(H,19,21). The van der Waals surface area contributed by atoms with E-state index in [1.807, 2.05) is 30.3 Å². The number of carbonyl (C=O) groups excluding carboxylic acids is 1. The highest BCUT2D eigenvalue weighted by molar-refractivity contribution is 7.89. The van der Waals surface area contributed by atoms with Crippen LogP contribution in [-0.2, 0) is 15.6 Å². The Morgan fingerprint density at radius 3 is 2.08 bits per heavy atom. The molecule has 1 aliphatic carbocycles. The number of amides is 1. The summed E-state index contributed by atoms with van der Waals surface area (Å²) in [7, 11) is -0.526. The second-order valence-corrected chi connectivity index (χ2v) is 8.37. The fraction of sp³-hybridized carbons (Fsp3) is 0.278. The second-order valence-electron chi connectivity index (χ2n) is 6.21. The summed E-state index contributed by atoms with van der Waals surface area (Å²) in [6.45, 7) is 0. The monoisotopic (exact) mass is 344 g/mol. The van der Waals surface area contributed by atoms with Gasteiger partial charge in [0.05, 0.1) is 10.4 Å². The molecule has 1 fully saturated rings. The molecule has 24 heavy (non-hydrogen) atoms. The van der Waals surface area contributed by atoms with Crippen LogP contribution >= 0.6 is 0 Å². The molecular formula is C18H20N2O3S. The third-order valence-electron chi connectivity index (χ3n) is 4.32. The van der Waals surface area contributed by atoms with Crippen LogP contribution in [0.1, 0.15) is 28.8 Å². The van der Waals surface area contributed by atoms with Gasteiger partial charge >= 0.3 is 0 Å². The van der Waals surface area contributed by atoms with Crippen LogP contribution in [0.2, 0.25) is 0 Å². The minimum atomic E-state index is -3.48. The summed E-state index contributed by atoms with van der Waals surface area (Å²) in [6, 6.07) is 15.9. The van der Waals surface area contributed by atoms with Gasteiger partial charge in [-0.3, -0.25) is 4.79 Å². The zero-order valence-electron chi connectivity index (χ0n) is 13.7. The first-order valence-electron chi connectivity index (χ1n) is 7.76. The molecule has 6 heteroatoms. The van der Waals surface area contributed by atoms with Crippen molar-refractivity contribution in [3.8, 4) is 0 Å². The molecule has 2 aromatic carbocycles. The van der Waals surface area contributed by atoms with Crippen LogP contribution < -0.4 is 5.32 Å². The van der Waals surface area contributed by atoms with E-state index in [2.05, 4.69) is 5.32 Å². The Morgan fingerprint density at radius 2 is 1.58 bits per heavy atom. The Hall–Kier alpha value is -2.18. The molecule has 0 unspecified atom stereocenters. The van der Waals surface area contributed by atoms with Gasteiger partial charge in [-0.25, -0.2) is 12.7 Å². The van der Waals surface area contributed by atoms with Gasteiger partial charge in [-0.1, -0.05) is 30.3 Å². The molecule has 3 rings (SSSR count). The van der Waals surface area contributed by atoms with Crippen molar-refractivity contribution in [3.63, 3.8) is 0 Å². The normalized spacial score (nSPS) is 16.0. The zero-order chi connectivity index (χ0) is 17.4. The van der Waals surface area contributed by atoms with Gasteiger partial charge in [0.25, 0.3) is 5.91 Å². The summed E-state index contributed by atoms with van der Waals surface area (Å²) in [5.74, 6) is -0.190. The van der Waals surface area contributed by atoms with E-state index in [1.54, 1.807) is 12.1 Å². The van der Waals surface area contributed by atoms with Gasteiger partial charge in [-0.2, -0.15) is 0 Å². The van der Waals surface area contributed by atoms with E-state index in [-0.39, 0.29) is 16.3 Å². The molecule has 1 aliphatic rings. The van der Waals surface area contributed by atoms with Crippen molar-refractivity contribution in [2.24, 2.45) is 0 Å². The first kappa shape index (κ1) is 16.7. The number of benzene rings is 2. The minimum absolute atomic E-state index is 0.174. The summed E-state index contributed by atoms with van der Waals surface area (Å²) >= 11 is 0. The average molecular weight is 344 g/mol. The number of nitrogens with one attached hydrogen (secondary N) is 1. The summed E-state index contributed by atoms with van der Waals surface area (Å²) in [5.41, 5.74) is 1.27. The summed E-state index contributed by atoms with van der Waals surface area (Å²) in [4.78, 5) is 12.7. The fourth-order valence-corrected chi connectivity index (χ4v) is 3.55. The maximum absolute atomic E-state index is 12.5. The summed E-state index contributed by atoms with van der Waals surface area (Å²) < 4.78 is 25.3. The van der Waals surface area contributed by atoms with E-state index < -0.39 is 10.0 Å². The van der Waals surface area contributed by atoms with E-state index in [0.29, 0.717) is 5.56 Å². The van der Waals surface area contributed by atoms with Gasteiger partial charge in [0.2, 0.25) is 10.0 Å². The molecule has 2 aromatic rings. The van der Waals surface area contributed by atoms with Crippen molar-refractivity contribution in [2.45, 2.75) is 23.3 Å². The first-order valence-corrected chi connectivity index (χ1v) is 9.20. The summed E-state index contributed by atoms with van der Waals surface area (Å²) in [6.07, 6.45) is 1.83. The Labute approximate surface area is 142 Å². The molecule has 0 atom stereocenters. The fourth-order valence-electron chi connectivity index (χ4n) is 2.65. The largest absolute Gasteiger partial charge is 0.343 e. The molecule has 0 radical (unpaired) electrons. The van der Waals surface area contributed by atoms with Crippen molar-refractivity contribution >= 4 is 15.9 Å². The number of sulfonamides is 1. The van der Waals surface area contributed by atoms with Crippen LogP contribution in [0.5, 0.6) is 0 Å². The van der Waals surface area contributed by atoms with Crippen molar-refractivity contribution in [1.82, 2.24) is 9.62 Å². The van der Waals surface area contributed by atoms with E-state index in [9.17, 15) is 13.2 Å². The highest BCUT2D eigenvalue weighted by atomic mass is 32.2. The van der Waals surface area contributed by atoms with Gasteiger partial charge in [0.1, 0.15) is 0 Å². The smallest absolute Gasteiger partial charge is 0.251 e. The number of nitrogens with zero attached hydrogens (tertiary/aromatic N) is 1. The van der Waals surface area contributed by atoms with Crippen molar-refractivity contribution in [3.05, 3.63) is 65.7 Å². The van der Waals surface area contributed by atoms with Crippen LogP contribution in [0, 0.1) is 0 Å². The first-order chi connectivity index (χ1) is 11.3. The lowest BCUT2D eigenvalue weighted by atomic mass is 10.0.